The molecule has 0 amide bonds. The molecule has 34 heavy (non-hydrogen) atoms. The predicted molar refractivity (Wildman–Crippen MR) is 133 cm³/mol. The van der Waals surface area contributed by atoms with Crippen molar-refractivity contribution in [2.75, 3.05) is 12.9 Å². The van der Waals surface area contributed by atoms with Crippen LogP contribution in [0.3, 0.4) is 0 Å². The van der Waals surface area contributed by atoms with Gasteiger partial charge in [-0.15, -0.1) is 0 Å². The molecule has 0 saturated heterocycles. The number of imidazole rings is 1. The molecule has 0 aliphatic heterocycles. The highest BCUT2D eigenvalue weighted by atomic mass is 32.2. The summed E-state index contributed by atoms with van der Waals surface area (Å²) in [5.41, 5.74) is 2.72. The van der Waals surface area contributed by atoms with E-state index in [0.717, 1.165) is 39.5 Å². The molecule has 0 aliphatic carbocycles. The molecule has 0 aliphatic rings. The van der Waals surface area contributed by atoms with Crippen LogP contribution in [0.5, 0.6) is 5.75 Å². The first-order chi connectivity index (χ1) is 16.1. The first kappa shape index (κ1) is 24.1. The molecule has 0 saturated carbocycles. The Morgan fingerprint density at radius 3 is 2.53 bits per heavy atom. The molecule has 180 valence electrons. The van der Waals surface area contributed by atoms with Crippen LogP contribution >= 0.6 is 0 Å². The van der Waals surface area contributed by atoms with E-state index >= 15 is 0 Å². The van der Waals surface area contributed by atoms with E-state index in [9.17, 15) is 8.42 Å². The van der Waals surface area contributed by atoms with Crippen LogP contribution in [0.4, 0.5) is 0 Å². The molecule has 0 radical (unpaired) electrons. The summed E-state index contributed by atoms with van der Waals surface area (Å²) in [5, 5.41) is 0.883. The minimum atomic E-state index is -3.40. The molecule has 0 spiro atoms. The van der Waals surface area contributed by atoms with Crippen molar-refractivity contribution in [2.45, 2.75) is 46.1 Å². The lowest BCUT2D eigenvalue weighted by Crippen LogP contribution is -2.46. The van der Waals surface area contributed by atoms with Crippen LogP contribution < -0.4 is 9.46 Å². The van der Waals surface area contributed by atoms with E-state index in [1.54, 1.807) is 6.20 Å². The van der Waals surface area contributed by atoms with Gasteiger partial charge in [0.1, 0.15) is 30.3 Å². The van der Waals surface area contributed by atoms with Crippen molar-refractivity contribution in [3.8, 4) is 5.75 Å². The van der Waals surface area contributed by atoms with E-state index in [2.05, 4.69) is 9.71 Å². The molecular formula is C25H30N4O4S. The van der Waals surface area contributed by atoms with E-state index in [1.165, 1.54) is 0 Å². The first-order valence-electron chi connectivity index (χ1n) is 11.2. The fourth-order valence-electron chi connectivity index (χ4n) is 4.08. The summed E-state index contributed by atoms with van der Waals surface area (Å²) in [7, 11) is -3.40. The zero-order valence-corrected chi connectivity index (χ0v) is 20.7. The van der Waals surface area contributed by atoms with Gasteiger partial charge in [0.05, 0.1) is 23.5 Å². The zero-order chi connectivity index (χ0) is 24.3. The molecule has 4 rings (SSSR count). The van der Waals surface area contributed by atoms with Gasteiger partial charge in [0.2, 0.25) is 10.0 Å². The Hall–Kier alpha value is -3.01. The Kier molecular flexibility index (Phi) is 6.88. The SMILES string of the molecule is CCOCc1nc2cnc3ccc(OCc4ccccc4)cc3c2n1CC(C)(C)NS(C)(=O)=O. The summed E-state index contributed by atoms with van der Waals surface area (Å²) in [6.45, 7) is 7.30. The van der Waals surface area contributed by atoms with E-state index in [0.29, 0.717) is 32.2 Å². The Morgan fingerprint density at radius 1 is 1.06 bits per heavy atom. The largest absolute Gasteiger partial charge is 0.489 e. The number of hydrogen-bond donors (Lipinski definition) is 1. The van der Waals surface area contributed by atoms with E-state index in [1.807, 2.05) is 73.9 Å². The summed E-state index contributed by atoms with van der Waals surface area (Å²) in [6.07, 6.45) is 2.91. The quantitative estimate of drug-likeness (QED) is 0.367. The molecule has 9 heteroatoms. The average molecular weight is 483 g/mol. The number of hydrogen-bond acceptors (Lipinski definition) is 6. The molecule has 8 nitrogen and oxygen atoms in total. The summed E-state index contributed by atoms with van der Waals surface area (Å²) in [6, 6.07) is 15.8. The Bertz CT molecular complexity index is 1400. The number of sulfonamides is 1. The summed E-state index contributed by atoms with van der Waals surface area (Å²) < 4.78 is 40.4. The second kappa shape index (κ2) is 9.69. The molecular weight excluding hydrogens is 452 g/mol. The van der Waals surface area contributed by atoms with Gasteiger partial charge in [0.25, 0.3) is 0 Å². The Labute approximate surface area is 200 Å². The first-order valence-corrected chi connectivity index (χ1v) is 13.1. The topological polar surface area (TPSA) is 95.3 Å². The van der Waals surface area contributed by atoms with Gasteiger partial charge in [0, 0.05) is 24.1 Å². The highest BCUT2D eigenvalue weighted by molar-refractivity contribution is 7.88. The van der Waals surface area contributed by atoms with Crippen LogP contribution in [0.15, 0.2) is 54.7 Å². The average Bonchev–Trinajstić information content (AvgIpc) is 3.12. The fraction of sp³-hybridized carbons (Fsp3) is 0.360. The maximum atomic E-state index is 12.0. The number of fused-ring (bicyclic) bond motifs is 3. The van der Waals surface area contributed by atoms with Gasteiger partial charge < -0.3 is 14.0 Å². The zero-order valence-electron chi connectivity index (χ0n) is 19.9. The van der Waals surface area contributed by atoms with Gasteiger partial charge in [-0.2, -0.15) is 0 Å². The van der Waals surface area contributed by atoms with Crippen LogP contribution in [0.1, 0.15) is 32.2 Å². The minimum absolute atomic E-state index is 0.311. The second-order valence-corrected chi connectivity index (χ2v) is 10.7. The summed E-state index contributed by atoms with van der Waals surface area (Å²) in [4.78, 5) is 9.34. The van der Waals surface area contributed by atoms with Crippen molar-refractivity contribution in [2.24, 2.45) is 0 Å². The summed E-state index contributed by atoms with van der Waals surface area (Å²) >= 11 is 0. The molecule has 2 aromatic carbocycles. The van der Waals surface area contributed by atoms with Crippen molar-refractivity contribution in [1.82, 2.24) is 19.3 Å². The maximum Gasteiger partial charge on any atom is 0.209 e. The van der Waals surface area contributed by atoms with Crippen LogP contribution in [0, 0.1) is 0 Å². The van der Waals surface area contributed by atoms with Crippen molar-refractivity contribution in [1.29, 1.82) is 0 Å². The number of ether oxygens (including phenoxy) is 2. The van der Waals surface area contributed by atoms with Gasteiger partial charge in [-0.25, -0.2) is 18.1 Å². The van der Waals surface area contributed by atoms with Crippen molar-refractivity contribution >= 4 is 32.0 Å². The number of pyridine rings is 1. The van der Waals surface area contributed by atoms with Gasteiger partial charge in [0.15, 0.2) is 0 Å². The molecule has 2 heterocycles. The van der Waals surface area contributed by atoms with E-state index in [-0.39, 0.29) is 0 Å². The third-order valence-corrected chi connectivity index (χ3v) is 6.24. The fourth-order valence-corrected chi connectivity index (χ4v) is 5.14. The van der Waals surface area contributed by atoms with Crippen LogP contribution in [0.25, 0.3) is 21.9 Å². The second-order valence-electron chi connectivity index (χ2n) is 8.95. The highest BCUT2D eigenvalue weighted by Crippen LogP contribution is 2.30. The monoisotopic (exact) mass is 482 g/mol. The van der Waals surface area contributed by atoms with Gasteiger partial charge in [-0.3, -0.25) is 4.98 Å². The minimum Gasteiger partial charge on any atom is -0.489 e. The van der Waals surface area contributed by atoms with E-state index < -0.39 is 15.6 Å². The standard InChI is InChI=1S/C25H30N4O4S/c1-5-32-16-23-27-22-14-26-21-12-11-19(33-15-18-9-7-6-8-10-18)13-20(21)24(22)29(23)17-25(2,3)28-34(4,30)31/h6-14,28H,5,15-17H2,1-4H3. The van der Waals surface area contributed by atoms with Gasteiger partial charge in [-0.1, -0.05) is 30.3 Å². The highest BCUT2D eigenvalue weighted by Gasteiger charge is 2.26. The Balaban J connectivity index is 1.79. The number of aromatic nitrogens is 3. The summed E-state index contributed by atoms with van der Waals surface area (Å²) in [5.74, 6) is 1.43. The molecule has 0 fully saturated rings. The van der Waals surface area contributed by atoms with Crippen molar-refractivity contribution in [3.05, 3.63) is 66.1 Å². The number of benzene rings is 2. The van der Waals surface area contributed by atoms with Crippen LogP contribution in [-0.2, 0) is 34.5 Å². The number of nitrogens with one attached hydrogen (secondary N) is 1. The third kappa shape index (κ3) is 5.72. The molecule has 2 aromatic heterocycles. The number of nitrogens with zero attached hydrogens (tertiary/aromatic N) is 3. The third-order valence-electron chi connectivity index (χ3n) is 5.32. The number of rotatable bonds is 10. The van der Waals surface area contributed by atoms with E-state index in [4.69, 9.17) is 14.5 Å². The predicted octanol–water partition coefficient (Wildman–Crippen LogP) is 4.03. The van der Waals surface area contributed by atoms with Gasteiger partial charge in [-0.05, 0) is 44.5 Å². The lowest BCUT2D eigenvalue weighted by Gasteiger charge is -2.27. The smallest absolute Gasteiger partial charge is 0.209 e. The van der Waals surface area contributed by atoms with Gasteiger partial charge >= 0.3 is 0 Å². The molecule has 4 aromatic rings. The van der Waals surface area contributed by atoms with Crippen molar-refractivity contribution in [3.63, 3.8) is 0 Å². The molecule has 0 unspecified atom stereocenters. The molecule has 0 atom stereocenters. The Morgan fingerprint density at radius 2 is 1.82 bits per heavy atom. The molecule has 1 N–H and O–H groups in total. The lowest BCUT2D eigenvalue weighted by atomic mass is 10.1. The van der Waals surface area contributed by atoms with Crippen molar-refractivity contribution < 1.29 is 17.9 Å². The van der Waals surface area contributed by atoms with Crippen LogP contribution in [-0.4, -0.2) is 41.4 Å². The molecule has 0 bridgehead atoms. The van der Waals surface area contributed by atoms with Crippen LogP contribution in [0.2, 0.25) is 0 Å². The maximum absolute atomic E-state index is 12.0. The normalized spacial score (nSPS) is 12.5. The lowest BCUT2D eigenvalue weighted by molar-refractivity contribution is 0.125.